The SMILES string of the molecule is O=C(CN1CCOCC1)N1CCN(C(=O)c2ccc(F)c(F)c2)CC1. The average molecular weight is 353 g/mol. The zero-order valence-electron chi connectivity index (χ0n) is 13.9. The van der Waals surface area contributed by atoms with Crippen LogP contribution in [0.1, 0.15) is 10.4 Å². The third-order valence-corrected chi connectivity index (χ3v) is 4.55. The summed E-state index contributed by atoms with van der Waals surface area (Å²) in [7, 11) is 0. The van der Waals surface area contributed by atoms with Crippen molar-refractivity contribution >= 4 is 11.8 Å². The van der Waals surface area contributed by atoms with Gasteiger partial charge in [-0.15, -0.1) is 0 Å². The minimum absolute atomic E-state index is 0.0434. The highest BCUT2D eigenvalue weighted by molar-refractivity contribution is 5.94. The summed E-state index contributed by atoms with van der Waals surface area (Å²) in [6.07, 6.45) is 0. The van der Waals surface area contributed by atoms with Gasteiger partial charge in [-0.05, 0) is 18.2 Å². The Bertz CT molecular complexity index is 642. The number of hydrogen-bond acceptors (Lipinski definition) is 4. The lowest BCUT2D eigenvalue weighted by Gasteiger charge is -2.36. The van der Waals surface area contributed by atoms with Crippen molar-refractivity contribution in [2.75, 3.05) is 59.0 Å². The van der Waals surface area contributed by atoms with Crippen molar-refractivity contribution in [2.24, 2.45) is 0 Å². The molecule has 0 radical (unpaired) electrons. The molecular weight excluding hydrogens is 332 g/mol. The molecule has 2 amide bonds. The summed E-state index contributed by atoms with van der Waals surface area (Å²) in [6, 6.07) is 3.13. The summed E-state index contributed by atoms with van der Waals surface area (Å²) in [5.41, 5.74) is 0.118. The van der Waals surface area contributed by atoms with Gasteiger partial charge in [0.15, 0.2) is 11.6 Å². The van der Waals surface area contributed by atoms with E-state index in [4.69, 9.17) is 4.74 Å². The number of halogens is 2. The van der Waals surface area contributed by atoms with Gasteiger partial charge in [-0.25, -0.2) is 8.78 Å². The molecule has 0 unspecified atom stereocenters. The Morgan fingerprint density at radius 2 is 1.56 bits per heavy atom. The first-order valence-corrected chi connectivity index (χ1v) is 8.37. The zero-order valence-corrected chi connectivity index (χ0v) is 13.9. The van der Waals surface area contributed by atoms with Crippen LogP contribution < -0.4 is 0 Å². The van der Waals surface area contributed by atoms with E-state index in [1.807, 2.05) is 0 Å². The molecule has 2 aliphatic heterocycles. The fourth-order valence-electron chi connectivity index (χ4n) is 3.02. The van der Waals surface area contributed by atoms with E-state index in [9.17, 15) is 18.4 Å². The lowest BCUT2D eigenvalue weighted by Crippen LogP contribution is -2.53. The smallest absolute Gasteiger partial charge is 0.254 e. The van der Waals surface area contributed by atoms with E-state index in [1.54, 1.807) is 9.80 Å². The number of piperazine rings is 1. The Morgan fingerprint density at radius 1 is 0.920 bits per heavy atom. The maximum Gasteiger partial charge on any atom is 0.254 e. The van der Waals surface area contributed by atoms with E-state index < -0.39 is 11.6 Å². The fraction of sp³-hybridized carbons (Fsp3) is 0.529. The molecule has 0 aliphatic carbocycles. The molecule has 2 aliphatic rings. The topological polar surface area (TPSA) is 53.1 Å². The summed E-state index contributed by atoms with van der Waals surface area (Å²) >= 11 is 0. The lowest BCUT2D eigenvalue weighted by molar-refractivity contribution is -0.134. The van der Waals surface area contributed by atoms with E-state index in [0.29, 0.717) is 45.9 Å². The van der Waals surface area contributed by atoms with Gasteiger partial charge >= 0.3 is 0 Å². The van der Waals surface area contributed by atoms with Crippen molar-refractivity contribution in [1.82, 2.24) is 14.7 Å². The number of amides is 2. The Hall–Kier alpha value is -2.06. The number of rotatable bonds is 3. The van der Waals surface area contributed by atoms with Crippen LogP contribution in [-0.2, 0) is 9.53 Å². The third-order valence-electron chi connectivity index (χ3n) is 4.55. The van der Waals surface area contributed by atoms with Crippen molar-refractivity contribution in [3.8, 4) is 0 Å². The average Bonchev–Trinajstić information content (AvgIpc) is 2.64. The lowest BCUT2D eigenvalue weighted by atomic mass is 10.1. The van der Waals surface area contributed by atoms with Crippen molar-refractivity contribution in [3.63, 3.8) is 0 Å². The molecule has 2 heterocycles. The molecule has 1 aromatic rings. The predicted octanol–water partition coefficient (Wildman–Crippen LogP) is 0.581. The second-order valence-corrected chi connectivity index (χ2v) is 6.19. The molecule has 136 valence electrons. The van der Waals surface area contributed by atoms with Crippen LogP contribution in [0.15, 0.2) is 18.2 Å². The molecule has 25 heavy (non-hydrogen) atoms. The van der Waals surface area contributed by atoms with E-state index in [2.05, 4.69) is 4.90 Å². The molecule has 0 bridgehead atoms. The summed E-state index contributed by atoms with van der Waals surface area (Å²) in [5, 5.41) is 0. The molecule has 0 N–H and O–H groups in total. The van der Waals surface area contributed by atoms with Crippen LogP contribution in [0.4, 0.5) is 8.78 Å². The molecule has 0 spiro atoms. The van der Waals surface area contributed by atoms with Gasteiger partial charge < -0.3 is 14.5 Å². The van der Waals surface area contributed by atoms with Crippen LogP contribution in [-0.4, -0.2) is 85.5 Å². The molecule has 6 nitrogen and oxygen atoms in total. The van der Waals surface area contributed by atoms with Gasteiger partial charge in [-0.3, -0.25) is 14.5 Å². The van der Waals surface area contributed by atoms with Crippen molar-refractivity contribution in [3.05, 3.63) is 35.4 Å². The molecule has 0 atom stereocenters. The van der Waals surface area contributed by atoms with Crippen molar-refractivity contribution < 1.29 is 23.1 Å². The number of ether oxygens (including phenoxy) is 1. The van der Waals surface area contributed by atoms with Gasteiger partial charge in [-0.1, -0.05) is 0 Å². The van der Waals surface area contributed by atoms with Crippen LogP contribution in [0.25, 0.3) is 0 Å². The van der Waals surface area contributed by atoms with E-state index in [-0.39, 0.29) is 17.4 Å². The van der Waals surface area contributed by atoms with Gasteiger partial charge in [0.1, 0.15) is 0 Å². The van der Waals surface area contributed by atoms with Gasteiger partial charge in [0.05, 0.1) is 19.8 Å². The molecule has 8 heteroatoms. The molecule has 2 fully saturated rings. The van der Waals surface area contributed by atoms with E-state index >= 15 is 0 Å². The monoisotopic (exact) mass is 353 g/mol. The van der Waals surface area contributed by atoms with E-state index in [1.165, 1.54) is 6.07 Å². The fourth-order valence-corrected chi connectivity index (χ4v) is 3.02. The van der Waals surface area contributed by atoms with Gasteiger partial charge in [-0.2, -0.15) is 0 Å². The van der Waals surface area contributed by atoms with Crippen LogP contribution >= 0.6 is 0 Å². The van der Waals surface area contributed by atoms with Crippen LogP contribution in [0.3, 0.4) is 0 Å². The largest absolute Gasteiger partial charge is 0.379 e. The summed E-state index contributed by atoms with van der Waals surface area (Å²) in [4.78, 5) is 30.1. The minimum Gasteiger partial charge on any atom is -0.379 e. The number of hydrogen-bond donors (Lipinski definition) is 0. The maximum atomic E-state index is 13.3. The normalized spacial score (nSPS) is 19.1. The second-order valence-electron chi connectivity index (χ2n) is 6.19. The number of nitrogens with zero attached hydrogens (tertiary/aromatic N) is 3. The van der Waals surface area contributed by atoms with E-state index in [0.717, 1.165) is 25.2 Å². The number of carbonyl (C=O) groups is 2. The highest BCUT2D eigenvalue weighted by Crippen LogP contribution is 2.13. The highest BCUT2D eigenvalue weighted by atomic mass is 19.2. The number of benzene rings is 1. The summed E-state index contributed by atoms with van der Waals surface area (Å²) in [5.74, 6) is -2.32. The first-order chi connectivity index (χ1) is 12.0. The number of carbonyl (C=O) groups excluding carboxylic acids is 2. The maximum absolute atomic E-state index is 13.3. The summed E-state index contributed by atoms with van der Waals surface area (Å²) < 4.78 is 31.5. The molecular formula is C17H21F2N3O3. The Labute approximate surface area is 144 Å². The molecule has 0 saturated carbocycles. The first kappa shape index (κ1) is 17.8. The number of morpholine rings is 1. The minimum atomic E-state index is -1.04. The second kappa shape index (κ2) is 7.88. The Morgan fingerprint density at radius 3 is 2.20 bits per heavy atom. The first-order valence-electron chi connectivity index (χ1n) is 8.37. The van der Waals surface area contributed by atoms with Crippen LogP contribution in [0.2, 0.25) is 0 Å². The van der Waals surface area contributed by atoms with Crippen molar-refractivity contribution in [1.29, 1.82) is 0 Å². The molecule has 2 saturated heterocycles. The molecule has 3 rings (SSSR count). The van der Waals surface area contributed by atoms with Crippen LogP contribution in [0, 0.1) is 11.6 Å². The van der Waals surface area contributed by atoms with Gasteiger partial charge in [0, 0.05) is 44.8 Å². The van der Waals surface area contributed by atoms with Crippen molar-refractivity contribution in [2.45, 2.75) is 0 Å². The predicted molar refractivity (Wildman–Crippen MR) is 86.1 cm³/mol. The quantitative estimate of drug-likeness (QED) is 0.798. The summed E-state index contributed by atoms with van der Waals surface area (Å²) in [6.45, 7) is 4.80. The Kier molecular flexibility index (Phi) is 5.60. The standard InChI is InChI=1S/C17H21F2N3O3/c18-14-2-1-13(11-15(14)19)17(24)22-5-3-21(4-6-22)16(23)12-20-7-9-25-10-8-20/h1-2,11H,3-10,12H2. The van der Waals surface area contributed by atoms with Gasteiger partial charge in [0.25, 0.3) is 5.91 Å². The molecule has 1 aromatic carbocycles. The third kappa shape index (κ3) is 4.32. The Balaban J connectivity index is 1.51. The van der Waals surface area contributed by atoms with Crippen LogP contribution in [0.5, 0.6) is 0 Å². The zero-order chi connectivity index (χ0) is 17.8. The molecule has 0 aromatic heterocycles. The highest BCUT2D eigenvalue weighted by Gasteiger charge is 2.26. The van der Waals surface area contributed by atoms with Gasteiger partial charge in [0.2, 0.25) is 5.91 Å².